The lowest BCUT2D eigenvalue weighted by atomic mass is 9.80. The number of hydrogen-bond acceptors (Lipinski definition) is 2. The molecule has 42 heavy (non-hydrogen) atoms. The smallest absolute Gasteiger partial charge is 0.160 e. The fourth-order valence-corrected chi connectivity index (χ4v) is 8.90. The van der Waals surface area contributed by atoms with E-state index in [9.17, 15) is 0 Å². The highest BCUT2D eigenvalue weighted by molar-refractivity contribution is 7.25. The SMILES string of the molecule is CC1(C)c2ccccc2-c2c1c1c3ccccc3n(-c3ccc4sc5ccccc5c4c3)c1c1oc3ccccc3c21. The Balaban J connectivity index is 1.47. The lowest BCUT2D eigenvalue weighted by Crippen LogP contribution is -2.15. The minimum absolute atomic E-state index is 0.167. The number of aromatic nitrogens is 1. The van der Waals surface area contributed by atoms with Crippen molar-refractivity contribution in [2.75, 3.05) is 0 Å². The molecule has 1 aliphatic rings. The highest BCUT2D eigenvalue weighted by Gasteiger charge is 2.41. The number of nitrogens with zero attached hydrogens (tertiary/aromatic N) is 1. The molecule has 0 amide bonds. The Kier molecular flexibility index (Phi) is 4.18. The molecule has 0 fully saturated rings. The summed E-state index contributed by atoms with van der Waals surface area (Å²) in [6, 6.07) is 42.1. The molecule has 6 aromatic carbocycles. The van der Waals surface area contributed by atoms with Crippen molar-refractivity contribution < 1.29 is 4.42 Å². The number of thiophene rings is 1. The van der Waals surface area contributed by atoms with Gasteiger partial charge in [-0.1, -0.05) is 92.7 Å². The molecule has 10 rings (SSSR count). The van der Waals surface area contributed by atoms with Gasteiger partial charge in [0.2, 0.25) is 0 Å². The highest BCUT2D eigenvalue weighted by atomic mass is 32.1. The van der Waals surface area contributed by atoms with Crippen LogP contribution in [0.15, 0.2) is 120 Å². The van der Waals surface area contributed by atoms with Gasteiger partial charge in [-0.05, 0) is 58.7 Å². The molecule has 3 aromatic heterocycles. The molecule has 3 heteroatoms. The summed E-state index contributed by atoms with van der Waals surface area (Å²) in [6.07, 6.45) is 0. The Hall–Kier alpha value is -4.86. The van der Waals surface area contributed by atoms with Crippen molar-refractivity contribution in [3.63, 3.8) is 0 Å². The van der Waals surface area contributed by atoms with Crippen LogP contribution in [0, 0.1) is 0 Å². The topological polar surface area (TPSA) is 18.1 Å². The number of para-hydroxylation sites is 2. The summed E-state index contributed by atoms with van der Waals surface area (Å²) in [7, 11) is 0. The Morgan fingerprint density at radius 2 is 1.36 bits per heavy atom. The van der Waals surface area contributed by atoms with Crippen molar-refractivity contribution in [2.24, 2.45) is 0 Å². The van der Waals surface area contributed by atoms with Crippen molar-refractivity contribution in [3.8, 4) is 16.8 Å². The van der Waals surface area contributed by atoms with Gasteiger partial charge < -0.3 is 8.98 Å². The second kappa shape index (κ2) is 7.70. The van der Waals surface area contributed by atoms with Crippen LogP contribution in [0.2, 0.25) is 0 Å². The first-order chi connectivity index (χ1) is 20.6. The van der Waals surface area contributed by atoms with Gasteiger partial charge in [0.05, 0.1) is 11.0 Å². The largest absolute Gasteiger partial charge is 0.454 e. The summed E-state index contributed by atoms with van der Waals surface area (Å²) in [5.74, 6) is 0. The van der Waals surface area contributed by atoms with E-state index in [1.807, 2.05) is 11.3 Å². The van der Waals surface area contributed by atoms with Gasteiger partial charge in [0, 0.05) is 52.8 Å². The summed E-state index contributed by atoms with van der Waals surface area (Å²) in [6.45, 7) is 4.78. The zero-order valence-corrected chi connectivity index (χ0v) is 24.0. The molecule has 0 unspecified atom stereocenters. The van der Waals surface area contributed by atoms with E-state index in [0.29, 0.717) is 0 Å². The molecule has 0 saturated carbocycles. The average Bonchev–Trinajstić information content (AvgIpc) is 3.74. The summed E-state index contributed by atoms with van der Waals surface area (Å²) in [5, 5.41) is 7.57. The maximum Gasteiger partial charge on any atom is 0.160 e. The van der Waals surface area contributed by atoms with Crippen molar-refractivity contribution in [3.05, 3.63) is 126 Å². The molecule has 0 atom stereocenters. The third kappa shape index (κ3) is 2.66. The van der Waals surface area contributed by atoms with Gasteiger partial charge in [-0.2, -0.15) is 0 Å². The van der Waals surface area contributed by atoms with Gasteiger partial charge >= 0.3 is 0 Å². The van der Waals surface area contributed by atoms with E-state index in [4.69, 9.17) is 4.42 Å². The zero-order chi connectivity index (χ0) is 27.7. The highest BCUT2D eigenvalue weighted by Crippen LogP contribution is 2.58. The standard InChI is InChI=1S/C39H25NOS/c1-39(2)28-15-7-3-12-24(28)33-34-26-14-5-9-17-30(26)41-38(34)37-35(36(33)39)25-13-4-8-16-29(25)40(37)22-19-20-32-27(21-22)23-11-6-10-18-31(23)42-32/h3-21H,1-2H3. The monoisotopic (exact) mass is 555 g/mol. The molecule has 0 N–H and O–H groups in total. The molecule has 198 valence electrons. The fourth-order valence-electron chi connectivity index (χ4n) is 7.81. The Morgan fingerprint density at radius 3 is 2.26 bits per heavy atom. The molecular weight excluding hydrogens is 531 g/mol. The number of furan rings is 1. The summed E-state index contributed by atoms with van der Waals surface area (Å²) < 4.78 is 12.0. The molecule has 0 aliphatic heterocycles. The lowest BCUT2D eigenvalue weighted by Gasteiger charge is -2.23. The molecule has 1 aliphatic carbocycles. The molecular formula is C39H25NOS. The third-order valence-electron chi connectivity index (χ3n) is 9.55. The van der Waals surface area contributed by atoms with Crippen LogP contribution >= 0.6 is 11.3 Å². The maximum atomic E-state index is 6.89. The normalized spacial score (nSPS) is 14.1. The van der Waals surface area contributed by atoms with E-state index >= 15 is 0 Å². The van der Waals surface area contributed by atoms with Gasteiger partial charge in [-0.15, -0.1) is 11.3 Å². The number of hydrogen-bond donors (Lipinski definition) is 0. The van der Waals surface area contributed by atoms with Crippen LogP contribution in [-0.4, -0.2) is 4.57 Å². The average molecular weight is 556 g/mol. The fraction of sp³-hybridized carbons (Fsp3) is 0.0769. The van der Waals surface area contributed by atoms with Crippen molar-refractivity contribution in [2.45, 2.75) is 19.3 Å². The van der Waals surface area contributed by atoms with E-state index in [1.54, 1.807) is 0 Å². The zero-order valence-electron chi connectivity index (χ0n) is 23.2. The summed E-state index contributed by atoms with van der Waals surface area (Å²) >= 11 is 1.86. The lowest BCUT2D eigenvalue weighted by molar-refractivity contribution is 0.663. The molecule has 0 saturated heterocycles. The van der Waals surface area contributed by atoms with E-state index in [1.165, 1.54) is 69.5 Å². The minimum atomic E-state index is -0.167. The number of rotatable bonds is 1. The van der Waals surface area contributed by atoms with E-state index in [2.05, 4.69) is 134 Å². The van der Waals surface area contributed by atoms with Crippen LogP contribution in [-0.2, 0) is 5.41 Å². The van der Waals surface area contributed by atoms with Gasteiger partial charge in [0.15, 0.2) is 5.58 Å². The molecule has 9 aromatic rings. The van der Waals surface area contributed by atoms with Crippen molar-refractivity contribution in [1.82, 2.24) is 4.57 Å². The van der Waals surface area contributed by atoms with Gasteiger partial charge in [-0.25, -0.2) is 0 Å². The first-order valence-corrected chi connectivity index (χ1v) is 15.4. The van der Waals surface area contributed by atoms with Gasteiger partial charge in [-0.3, -0.25) is 0 Å². The predicted octanol–water partition coefficient (Wildman–Crippen LogP) is 11.4. The van der Waals surface area contributed by atoms with E-state index < -0.39 is 0 Å². The Morgan fingerprint density at radius 1 is 0.643 bits per heavy atom. The second-order valence-corrected chi connectivity index (χ2v) is 13.2. The van der Waals surface area contributed by atoms with Crippen LogP contribution in [0.3, 0.4) is 0 Å². The van der Waals surface area contributed by atoms with E-state index in [-0.39, 0.29) is 5.41 Å². The van der Waals surface area contributed by atoms with Crippen LogP contribution in [0.4, 0.5) is 0 Å². The molecule has 0 bridgehead atoms. The minimum Gasteiger partial charge on any atom is -0.454 e. The van der Waals surface area contributed by atoms with Crippen LogP contribution in [0.1, 0.15) is 25.0 Å². The van der Waals surface area contributed by atoms with Crippen molar-refractivity contribution >= 4 is 75.3 Å². The number of fused-ring (bicyclic) bond motifs is 15. The first-order valence-electron chi connectivity index (χ1n) is 14.5. The molecule has 2 nitrogen and oxygen atoms in total. The summed E-state index contributed by atoms with van der Waals surface area (Å²) in [4.78, 5) is 0. The molecule has 0 radical (unpaired) electrons. The Bertz CT molecular complexity index is 2610. The second-order valence-electron chi connectivity index (χ2n) is 12.1. The van der Waals surface area contributed by atoms with E-state index in [0.717, 1.165) is 22.4 Å². The summed E-state index contributed by atoms with van der Waals surface area (Å²) in [5.41, 5.74) is 10.7. The van der Waals surface area contributed by atoms with Crippen LogP contribution in [0.5, 0.6) is 0 Å². The van der Waals surface area contributed by atoms with Crippen molar-refractivity contribution in [1.29, 1.82) is 0 Å². The maximum absolute atomic E-state index is 6.89. The van der Waals surface area contributed by atoms with Crippen LogP contribution < -0.4 is 0 Å². The molecule has 0 spiro atoms. The first kappa shape index (κ1) is 22.8. The molecule has 3 heterocycles. The predicted molar refractivity (Wildman–Crippen MR) is 179 cm³/mol. The van der Waals surface area contributed by atoms with Gasteiger partial charge in [0.25, 0.3) is 0 Å². The van der Waals surface area contributed by atoms with Crippen LogP contribution in [0.25, 0.3) is 80.7 Å². The van der Waals surface area contributed by atoms with Gasteiger partial charge in [0.1, 0.15) is 5.58 Å². The third-order valence-corrected chi connectivity index (χ3v) is 10.7. The Labute approximate surface area is 246 Å². The quantitative estimate of drug-likeness (QED) is 0.197. The number of benzene rings is 6.